The van der Waals surface area contributed by atoms with Crippen molar-refractivity contribution in [2.24, 2.45) is 0 Å². The number of benzene rings is 2. The van der Waals surface area contributed by atoms with Gasteiger partial charge >= 0.3 is 0 Å². The second kappa shape index (κ2) is 9.21. The number of aryl methyl sites for hydroxylation is 2. The van der Waals surface area contributed by atoms with Gasteiger partial charge in [-0.15, -0.1) is 0 Å². The number of hydrogen-bond donors (Lipinski definition) is 1. The van der Waals surface area contributed by atoms with Crippen molar-refractivity contribution >= 4 is 28.9 Å². The van der Waals surface area contributed by atoms with Gasteiger partial charge in [0.1, 0.15) is 6.54 Å². The molecule has 5 nitrogen and oxygen atoms in total. The highest BCUT2D eigenvalue weighted by Gasteiger charge is 2.18. The van der Waals surface area contributed by atoms with Crippen molar-refractivity contribution in [3.63, 3.8) is 0 Å². The largest absolute Gasteiger partial charge is 0.372 e. The van der Waals surface area contributed by atoms with E-state index in [0.29, 0.717) is 0 Å². The maximum absolute atomic E-state index is 12.5. The molecule has 0 aliphatic heterocycles. The van der Waals surface area contributed by atoms with E-state index in [0.717, 1.165) is 41.3 Å². The highest BCUT2D eigenvalue weighted by Crippen LogP contribution is 2.26. The van der Waals surface area contributed by atoms with E-state index in [1.165, 1.54) is 11.8 Å². The molecule has 0 radical (unpaired) electrons. The standard InChI is InChI=1S/C22H29N3O2/c1-6-24(7-2)20-11-12-21(17(4)14-20)25(18(5)26)15-22(27)23-19-10-8-9-16(3)13-19/h8-14H,6-7,15H2,1-5H3,(H,23,27). The molecule has 27 heavy (non-hydrogen) atoms. The van der Waals surface area contributed by atoms with Gasteiger partial charge < -0.3 is 15.1 Å². The number of carbonyl (C=O) groups is 2. The van der Waals surface area contributed by atoms with Gasteiger partial charge in [-0.25, -0.2) is 0 Å². The number of hydrogen-bond acceptors (Lipinski definition) is 3. The first-order valence-electron chi connectivity index (χ1n) is 9.35. The highest BCUT2D eigenvalue weighted by molar-refractivity contribution is 6.02. The van der Waals surface area contributed by atoms with Gasteiger partial charge in [0, 0.05) is 37.1 Å². The second-order valence-electron chi connectivity index (χ2n) is 6.67. The van der Waals surface area contributed by atoms with E-state index in [2.05, 4.69) is 30.1 Å². The first-order valence-corrected chi connectivity index (χ1v) is 9.35. The van der Waals surface area contributed by atoms with Gasteiger partial charge in [-0.1, -0.05) is 12.1 Å². The summed E-state index contributed by atoms with van der Waals surface area (Å²) in [7, 11) is 0. The number of amides is 2. The van der Waals surface area contributed by atoms with Crippen LogP contribution in [0.4, 0.5) is 17.1 Å². The zero-order chi connectivity index (χ0) is 20.0. The Morgan fingerprint density at radius 2 is 1.70 bits per heavy atom. The van der Waals surface area contributed by atoms with Gasteiger partial charge in [0.2, 0.25) is 11.8 Å². The summed E-state index contributed by atoms with van der Waals surface area (Å²) >= 11 is 0. The summed E-state index contributed by atoms with van der Waals surface area (Å²) in [5, 5.41) is 2.86. The molecule has 0 fully saturated rings. The Labute approximate surface area is 162 Å². The molecule has 0 saturated heterocycles. The molecule has 0 aliphatic rings. The first-order chi connectivity index (χ1) is 12.8. The minimum Gasteiger partial charge on any atom is -0.372 e. The minimum atomic E-state index is -0.219. The molecule has 0 bridgehead atoms. The Morgan fingerprint density at radius 3 is 2.26 bits per heavy atom. The highest BCUT2D eigenvalue weighted by atomic mass is 16.2. The van der Waals surface area contributed by atoms with Crippen molar-refractivity contribution < 1.29 is 9.59 Å². The molecule has 0 aliphatic carbocycles. The number of nitrogens with one attached hydrogen (secondary N) is 1. The molecule has 5 heteroatoms. The Bertz CT molecular complexity index is 813. The van der Waals surface area contributed by atoms with Crippen molar-refractivity contribution in [1.29, 1.82) is 0 Å². The summed E-state index contributed by atoms with van der Waals surface area (Å²) in [6.07, 6.45) is 0. The second-order valence-corrected chi connectivity index (χ2v) is 6.67. The summed E-state index contributed by atoms with van der Waals surface area (Å²) in [5.41, 5.74) is 4.65. The van der Waals surface area contributed by atoms with E-state index in [9.17, 15) is 9.59 Å². The Kier molecular flexibility index (Phi) is 6.99. The summed E-state index contributed by atoms with van der Waals surface area (Å²) in [5.74, 6) is -0.379. The minimum absolute atomic E-state index is 0.0191. The summed E-state index contributed by atoms with van der Waals surface area (Å²) in [6, 6.07) is 13.6. The van der Waals surface area contributed by atoms with Crippen LogP contribution in [0.2, 0.25) is 0 Å². The fourth-order valence-electron chi connectivity index (χ4n) is 3.16. The van der Waals surface area contributed by atoms with Crippen molar-refractivity contribution in [1.82, 2.24) is 0 Å². The molecule has 0 spiro atoms. The van der Waals surface area contributed by atoms with Crippen molar-refractivity contribution in [2.45, 2.75) is 34.6 Å². The lowest BCUT2D eigenvalue weighted by atomic mass is 10.1. The zero-order valence-corrected chi connectivity index (χ0v) is 16.9. The fourth-order valence-corrected chi connectivity index (χ4v) is 3.16. The first kappa shape index (κ1) is 20.5. The van der Waals surface area contributed by atoms with Crippen molar-refractivity contribution in [3.05, 3.63) is 53.6 Å². The average molecular weight is 367 g/mol. The monoisotopic (exact) mass is 367 g/mol. The number of nitrogens with zero attached hydrogens (tertiary/aromatic N) is 2. The molecule has 2 amide bonds. The lowest BCUT2D eigenvalue weighted by Crippen LogP contribution is -2.37. The number of carbonyl (C=O) groups excluding carboxylic acids is 2. The Hall–Kier alpha value is -2.82. The zero-order valence-electron chi connectivity index (χ0n) is 16.9. The third kappa shape index (κ3) is 5.33. The normalized spacial score (nSPS) is 10.4. The predicted octanol–water partition coefficient (Wildman–Crippen LogP) is 4.14. The average Bonchev–Trinajstić information content (AvgIpc) is 2.61. The number of anilines is 3. The van der Waals surface area contributed by atoms with E-state index >= 15 is 0 Å². The van der Waals surface area contributed by atoms with Crippen molar-refractivity contribution in [3.8, 4) is 0 Å². The van der Waals surface area contributed by atoms with E-state index < -0.39 is 0 Å². The van der Waals surface area contributed by atoms with Crippen LogP contribution in [0.25, 0.3) is 0 Å². The third-order valence-corrected chi connectivity index (χ3v) is 4.58. The van der Waals surface area contributed by atoms with Crippen LogP contribution in [0.1, 0.15) is 31.9 Å². The van der Waals surface area contributed by atoms with Gasteiger partial charge in [0.05, 0.1) is 0 Å². The summed E-state index contributed by atoms with van der Waals surface area (Å²) < 4.78 is 0. The van der Waals surface area contributed by atoms with Crippen LogP contribution in [0.3, 0.4) is 0 Å². The molecule has 0 unspecified atom stereocenters. The lowest BCUT2D eigenvalue weighted by Gasteiger charge is -2.26. The molecule has 2 rings (SSSR count). The van der Waals surface area contributed by atoms with Gasteiger partial charge in [0.25, 0.3) is 0 Å². The van der Waals surface area contributed by atoms with Crippen molar-refractivity contribution in [2.75, 3.05) is 34.8 Å². The predicted molar refractivity (Wildman–Crippen MR) is 113 cm³/mol. The van der Waals surface area contributed by atoms with Gasteiger partial charge in [-0.2, -0.15) is 0 Å². The van der Waals surface area contributed by atoms with E-state index in [1.54, 1.807) is 0 Å². The maximum atomic E-state index is 12.5. The molecule has 0 atom stereocenters. The van der Waals surface area contributed by atoms with Crippen LogP contribution in [0.5, 0.6) is 0 Å². The third-order valence-electron chi connectivity index (χ3n) is 4.58. The molecule has 144 valence electrons. The molecular formula is C22H29N3O2. The van der Waals surface area contributed by atoms with Crippen LogP contribution in [0.15, 0.2) is 42.5 Å². The quantitative estimate of drug-likeness (QED) is 0.800. The molecule has 2 aromatic rings. The van der Waals surface area contributed by atoms with Gasteiger partial charge in [0.15, 0.2) is 0 Å². The van der Waals surface area contributed by atoms with Crippen LogP contribution >= 0.6 is 0 Å². The molecule has 0 aromatic heterocycles. The topological polar surface area (TPSA) is 52.6 Å². The summed E-state index contributed by atoms with van der Waals surface area (Å²) in [6.45, 7) is 11.5. The van der Waals surface area contributed by atoms with Crippen LogP contribution in [-0.4, -0.2) is 31.4 Å². The molecule has 2 aromatic carbocycles. The molecular weight excluding hydrogens is 338 g/mol. The van der Waals surface area contributed by atoms with Gasteiger partial charge in [-0.3, -0.25) is 9.59 Å². The van der Waals surface area contributed by atoms with E-state index in [4.69, 9.17) is 0 Å². The number of rotatable bonds is 7. The van der Waals surface area contributed by atoms with Gasteiger partial charge in [-0.05, 0) is 69.2 Å². The van der Waals surface area contributed by atoms with E-state index in [1.807, 2.05) is 50.2 Å². The van der Waals surface area contributed by atoms with E-state index in [-0.39, 0.29) is 18.4 Å². The van der Waals surface area contributed by atoms with Crippen LogP contribution in [-0.2, 0) is 9.59 Å². The Balaban J connectivity index is 2.19. The lowest BCUT2D eigenvalue weighted by molar-refractivity contribution is -0.120. The molecule has 1 N–H and O–H groups in total. The van der Waals surface area contributed by atoms with Crippen LogP contribution in [0, 0.1) is 13.8 Å². The smallest absolute Gasteiger partial charge is 0.244 e. The fraction of sp³-hybridized carbons (Fsp3) is 0.364. The van der Waals surface area contributed by atoms with Crippen LogP contribution < -0.4 is 15.1 Å². The molecule has 0 saturated carbocycles. The molecule has 0 heterocycles. The SMILES string of the molecule is CCN(CC)c1ccc(N(CC(=O)Nc2cccc(C)c2)C(C)=O)c(C)c1. The maximum Gasteiger partial charge on any atom is 0.244 e. The summed E-state index contributed by atoms with van der Waals surface area (Å²) in [4.78, 5) is 28.5. The Morgan fingerprint density at radius 1 is 1.00 bits per heavy atom.